The number of halogens is 1. The van der Waals surface area contributed by atoms with Crippen LogP contribution in [0, 0.1) is 5.82 Å². The van der Waals surface area contributed by atoms with E-state index in [1.54, 1.807) is 0 Å². The van der Waals surface area contributed by atoms with Gasteiger partial charge in [-0.1, -0.05) is 0 Å². The van der Waals surface area contributed by atoms with Crippen LogP contribution in [0.4, 0.5) is 4.39 Å². The molecule has 0 bridgehead atoms. The predicted octanol–water partition coefficient (Wildman–Crippen LogP) is -1.09. The Kier molecular flexibility index (Phi) is 2.62. The van der Waals surface area contributed by atoms with Crippen molar-refractivity contribution < 1.29 is 19.2 Å². The van der Waals surface area contributed by atoms with E-state index in [1.165, 1.54) is 13.2 Å². The van der Waals surface area contributed by atoms with E-state index >= 15 is 0 Å². The highest BCUT2D eigenvalue weighted by atomic mass is 19.1. The fourth-order valence-corrected chi connectivity index (χ4v) is 0.725. The lowest BCUT2D eigenvalue weighted by Crippen LogP contribution is -2.32. The van der Waals surface area contributed by atoms with Crippen molar-refractivity contribution in [3.8, 4) is 5.88 Å². The van der Waals surface area contributed by atoms with Crippen LogP contribution in [0.1, 0.15) is 0 Å². The van der Waals surface area contributed by atoms with Gasteiger partial charge >= 0.3 is 7.12 Å². The number of ether oxygens (including phenoxy) is 1. The Morgan fingerprint density at radius 3 is 2.67 bits per heavy atom. The smallest absolute Gasteiger partial charge is 0.479 e. The minimum atomic E-state index is -1.71. The molecule has 0 spiro atoms. The molecule has 64 valence electrons. The molecule has 0 aliphatic heterocycles. The Bertz CT molecular complexity index is 281. The first-order valence-corrected chi connectivity index (χ1v) is 3.21. The molecule has 0 fully saturated rings. The van der Waals surface area contributed by atoms with Crippen LogP contribution in [0.15, 0.2) is 12.1 Å². The summed E-state index contributed by atoms with van der Waals surface area (Å²) in [5, 5.41) is 17.3. The molecule has 6 heteroatoms. The molecule has 1 aromatic heterocycles. The maximum Gasteiger partial charge on any atom is 0.508 e. The number of hydrogen-bond acceptors (Lipinski definition) is 4. The number of nitrogens with zero attached hydrogens (tertiary/aromatic N) is 1. The Hall–Kier alpha value is -1.14. The minimum absolute atomic E-state index is 0.0479. The van der Waals surface area contributed by atoms with E-state index in [0.29, 0.717) is 0 Å². The van der Waals surface area contributed by atoms with E-state index in [0.717, 1.165) is 6.07 Å². The van der Waals surface area contributed by atoms with E-state index in [-0.39, 0.29) is 11.5 Å². The van der Waals surface area contributed by atoms with Gasteiger partial charge in [-0.05, 0) is 12.1 Å². The highest BCUT2D eigenvalue weighted by Crippen LogP contribution is 2.08. The van der Waals surface area contributed by atoms with Crippen molar-refractivity contribution in [3.05, 3.63) is 17.9 Å². The van der Waals surface area contributed by atoms with Gasteiger partial charge in [0.25, 0.3) is 0 Å². The van der Waals surface area contributed by atoms with Gasteiger partial charge < -0.3 is 14.8 Å². The molecule has 0 saturated heterocycles. The lowest BCUT2D eigenvalue weighted by Gasteiger charge is -2.02. The first kappa shape index (κ1) is 8.96. The third kappa shape index (κ3) is 1.72. The van der Waals surface area contributed by atoms with E-state index < -0.39 is 12.9 Å². The molecule has 0 unspecified atom stereocenters. The maximum atomic E-state index is 12.7. The monoisotopic (exact) mass is 171 g/mol. The van der Waals surface area contributed by atoms with Crippen LogP contribution >= 0.6 is 0 Å². The van der Waals surface area contributed by atoms with Crippen LogP contribution in [-0.4, -0.2) is 29.3 Å². The summed E-state index contributed by atoms with van der Waals surface area (Å²) in [7, 11) is -0.460. The molecule has 0 radical (unpaired) electrons. The first-order valence-electron chi connectivity index (χ1n) is 3.21. The maximum absolute atomic E-state index is 12.7. The number of pyridine rings is 1. The highest BCUT2D eigenvalue weighted by Gasteiger charge is 2.15. The van der Waals surface area contributed by atoms with Crippen molar-refractivity contribution in [2.45, 2.75) is 0 Å². The van der Waals surface area contributed by atoms with Crippen molar-refractivity contribution in [3.63, 3.8) is 0 Å². The number of rotatable bonds is 2. The third-order valence-corrected chi connectivity index (χ3v) is 1.29. The molecule has 1 heterocycles. The van der Waals surface area contributed by atoms with Crippen LogP contribution in [0.25, 0.3) is 0 Å². The fourth-order valence-electron chi connectivity index (χ4n) is 0.725. The van der Waals surface area contributed by atoms with Crippen LogP contribution < -0.4 is 10.3 Å². The van der Waals surface area contributed by atoms with Gasteiger partial charge in [0, 0.05) is 0 Å². The predicted molar refractivity (Wildman–Crippen MR) is 40.6 cm³/mol. The first-order chi connectivity index (χ1) is 5.65. The molecule has 12 heavy (non-hydrogen) atoms. The molecule has 0 atom stereocenters. The molecular weight excluding hydrogens is 164 g/mol. The van der Waals surface area contributed by atoms with Gasteiger partial charge in [-0.2, -0.15) is 0 Å². The van der Waals surface area contributed by atoms with Crippen molar-refractivity contribution in [2.75, 3.05) is 7.11 Å². The lowest BCUT2D eigenvalue weighted by atomic mass is 9.86. The molecule has 0 aromatic carbocycles. The number of aromatic nitrogens is 1. The molecule has 0 saturated carbocycles. The van der Waals surface area contributed by atoms with Crippen molar-refractivity contribution in [1.29, 1.82) is 0 Å². The largest absolute Gasteiger partial charge is 0.508 e. The van der Waals surface area contributed by atoms with Gasteiger partial charge in [-0.15, -0.1) is 0 Å². The summed E-state index contributed by atoms with van der Waals surface area (Å²) in [5.74, 6) is -0.887. The molecule has 1 rings (SSSR count). The van der Waals surface area contributed by atoms with E-state index in [2.05, 4.69) is 9.72 Å². The van der Waals surface area contributed by atoms with Gasteiger partial charge in [0.05, 0.1) is 12.7 Å². The molecule has 4 nitrogen and oxygen atoms in total. The highest BCUT2D eigenvalue weighted by molar-refractivity contribution is 6.57. The average molecular weight is 171 g/mol. The third-order valence-electron chi connectivity index (χ3n) is 1.29. The summed E-state index contributed by atoms with van der Waals surface area (Å²) in [6.45, 7) is 0. The molecule has 2 N–H and O–H groups in total. The van der Waals surface area contributed by atoms with E-state index in [1.807, 2.05) is 0 Å². The second-order valence-electron chi connectivity index (χ2n) is 2.10. The molecule has 0 aliphatic carbocycles. The Morgan fingerprint density at radius 2 is 2.17 bits per heavy atom. The molecular formula is C6H7BFNO3. The zero-order chi connectivity index (χ0) is 9.14. The summed E-state index contributed by atoms with van der Waals surface area (Å²) in [4.78, 5) is 3.49. The average Bonchev–Trinajstić information content (AvgIpc) is 2.05. The summed E-state index contributed by atoms with van der Waals surface area (Å²) in [6.07, 6.45) is 0. The molecule has 1 aromatic rings. The molecule has 0 amide bonds. The van der Waals surface area contributed by atoms with Gasteiger partial charge in [0.1, 0.15) is 0 Å². The standard InChI is InChI=1S/C6H7BFNO3/c1-12-6-4(8)2-3-5(9-6)7(10)11/h2-3,10-11H,1H3. The van der Waals surface area contributed by atoms with Crippen LogP contribution in [0.2, 0.25) is 0 Å². The normalized spacial score (nSPS) is 9.67. The Labute approximate surface area is 68.8 Å². The van der Waals surface area contributed by atoms with Gasteiger partial charge in [0.15, 0.2) is 5.82 Å². The summed E-state index contributed by atoms with van der Waals surface area (Å²) >= 11 is 0. The lowest BCUT2D eigenvalue weighted by molar-refractivity contribution is 0.368. The van der Waals surface area contributed by atoms with Crippen molar-refractivity contribution in [1.82, 2.24) is 4.98 Å². The second-order valence-corrected chi connectivity index (χ2v) is 2.10. The topological polar surface area (TPSA) is 62.6 Å². The quantitative estimate of drug-likeness (QED) is 0.555. The minimum Gasteiger partial charge on any atom is -0.479 e. The van der Waals surface area contributed by atoms with E-state index in [9.17, 15) is 4.39 Å². The van der Waals surface area contributed by atoms with Gasteiger partial charge in [-0.25, -0.2) is 9.37 Å². The number of methoxy groups -OCH3 is 1. The van der Waals surface area contributed by atoms with Crippen LogP contribution in [0.3, 0.4) is 0 Å². The van der Waals surface area contributed by atoms with Crippen molar-refractivity contribution >= 4 is 12.7 Å². The van der Waals surface area contributed by atoms with Gasteiger partial charge in [-0.3, -0.25) is 0 Å². The Balaban J connectivity index is 3.05. The molecule has 0 aliphatic rings. The fraction of sp³-hybridized carbons (Fsp3) is 0.167. The summed E-state index contributed by atoms with van der Waals surface area (Å²) in [6, 6.07) is 2.23. The zero-order valence-corrected chi connectivity index (χ0v) is 6.36. The van der Waals surface area contributed by atoms with Crippen LogP contribution in [0.5, 0.6) is 5.88 Å². The van der Waals surface area contributed by atoms with E-state index in [4.69, 9.17) is 10.0 Å². The second kappa shape index (κ2) is 3.51. The SMILES string of the molecule is COc1nc(B(O)O)ccc1F. The van der Waals surface area contributed by atoms with Gasteiger partial charge in [0.2, 0.25) is 5.88 Å². The van der Waals surface area contributed by atoms with Crippen molar-refractivity contribution in [2.24, 2.45) is 0 Å². The Morgan fingerprint density at radius 1 is 1.50 bits per heavy atom. The number of hydrogen-bond donors (Lipinski definition) is 2. The van der Waals surface area contributed by atoms with Crippen LogP contribution in [-0.2, 0) is 0 Å². The summed E-state index contributed by atoms with van der Waals surface area (Å²) < 4.78 is 17.2. The summed E-state index contributed by atoms with van der Waals surface area (Å²) in [5.41, 5.74) is -0.0479. The zero-order valence-electron chi connectivity index (χ0n) is 6.36.